The van der Waals surface area contributed by atoms with Gasteiger partial charge in [0.2, 0.25) is 15.9 Å². The normalized spacial score (nSPS) is 15.7. The molecule has 1 aliphatic heterocycles. The van der Waals surface area contributed by atoms with Crippen molar-refractivity contribution in [1.82, 2.24) is 4.98 Å². The molecule has 6 nitrogen and oxygen atoms in total. The number of benzene rings is 2. The van der Waals surface area contributed by atoms with E-state index in [-0.39, 0.29) is 11.7 Å². The van der Waals surface area contributed by atoms with Crippen LogP contribution in [0.25, 0.3) is 17.3 Å². The van der Waals surface area contributed by atoms with Crippen molar-refractivity contribution in [3.63, 3.8) is 0 Å². The Morgan fingerprint density at radius 3 is 2.55 bits per heavy atom. The summed E-state index contributed by atoms with van der Waals surface area (Å²) in [5.74, 6) is -0.0810. The van der Waals surface area contributed by atoms with E-state index in [0.29, 0.717) is 23.8 Å². The van der Waals surface area contributed by atoms with Crippen LogP contribution in [0.15, 0.2) is 66.1 Å². The molecule has 2 aromatic carbocycles. The average Bonchev–Trinajstić information content (AvgIpc) is 3.33. The highest BCUT2D eigenvalue weighted by molar-refractivity contribution is 7.93. The number of hydrogen-bond acceptors (Lipinski definition) is 5. The summed E-state index contributed by atoms with van der Waals surface area (Å²) in [6.07, 6.45) is 3.77. The summed E-state index contributed by atoms with van der Waals surface area (Å²) in [6, 6.07) is 16.9. The van der Waals surface area contributed by atoms with E-state index in [1.807, 2.05) is 35.7 Å². The quantitative estimate of drug-likeness (QED) is 0.627. The maximum Gasteiger partial charge on any atom is 0.250 e. The number of amides is 1. The molecule has 1 aliphatic rings. The number of thiazole rings is 1. The largest absolute Gasteiger partial charge is 0.298 e. The Morgan fingerprint density at radius 2 is 1.86 bits per heavy atom. The molecule has 8 heteroatoms. The first-order chi connectivity index (χ1) is 14.0. The molecule has 2 heterocycles. The smallest absolute Gasteiger partial charge is 0.250 e. The van der Waals surface area contributed by atoms with Gasteiger partial charge in [0.1, 0.15) is 0 Å². The molecule has 0 spiro atoms. The third-order valence-corrected chi connectivity index (χ3v) is 7.14. The summed E-state index contributed by atoms with van der Waals surface area (Å²) < 4.78 is 25.4. The van der Waals surface area contributed by atoms with E-state index in [4.69, 9.17) is 0 Å². The molecule has 29 heavy (non-hydrogen) atoms. The first-order valence-corrected chi connectivity index (χ1v) is 11.6. The molecule has 1 N–H and O–H groups in total. The fourth-order valence-electron chi connectivity index (χ4n) is 3.07. The van der Waals surface area contributed by atoms with E-state index in [0.717, 1.165) is 16.8 Å². The van der Waals surface area contributed by atoms with Crippen LogP contribution in [-0.4, -0.2) is 31.6 Å². The van der Waals surface area contributed by atoms with Gasteiger partial charge in [-0.15, -0.1) is 11.3 Å². The van der Waals surface area contributed by atoms with Crippen LogP contribution in [0, 0.1) is 0 Å². The van der Waals surface area contributed by atoms with Crippen molar-refractivity contribution < 1.29 is 13.2 Å². The number of carbonyl (C=O) groups excluding carboxylic acids is 1. The molecule has 0 unspecified atom stereocenters. The lowest BCUT2D eigenvalue weighted by molar-refractivity contribution is -0.111. The maximum atomic E-state index is 12.2. The van der Waals surface area contributed by atoms with Crippen molar-refractivity contribution in [2.24, 2.45) is 0 Å². The third kappa shape index (κ3) is 4.55. The molecule has 0 bridgehead atoms. The molecule has 0 aliphatic carbocycles. The van der Waals surface area contributed by atoms with Gasteiger partial charge in [-0.2, -0.15) is 0 Å². The maximum absolute atomic E-state index is 12.2. The number of aromatic nitrogens is 1. The zero-order valence-electron chi connectivity index (χ0n) is 15.5. The van der Waals surface area contributed by atoms with Crippen molar-refractivity contribution in [2.45, 2.75) is 6.42 Å². The zero-order chi connectivity index (χ0) is 20.3. The summed E-state index contributed by atoms with van der Waals surface area (Å²) in [6.45, 7) is 0.513. The predicted octanol–water partition coefficient (Wildman–Crippen LogP) is 4.00. The second kappa shape index (κ2) is 8.18. The van der Waals surface area contributed by atoms with Crippen molar-refractivity contribution in [2.75, 3.05) is 21.9 Å². The first-order valence-electron chi connectivity index (χ1n) is 9.12. The number of anilines is 2. The lowest BCUT2D eigenvalue weighted by Crippen LogP contribution is -2.24. The SMILES string of the molecule is O=C(C=Cc1ccc(N2CCCS2(=O)=O)cc1)Nc1nc(-c2ccccc2)cs1. The van der Waals surface area contributed by atoms with E-state index in [1.54, 1.807) is 30.3 Å². The standard InChI is InChI=1S/C21H19N3O3S2/c25-20(23-21-22-19(15-28-21)17-5-2-1-3-6-17)12-9-16-7-10-18(11-8-16)24-13-4-14-29(24,26)27/h1-3,5-12,15H,4,13-14H2,(H,22,23,25). The number of sulfonamides is 1. The highest BCUT2D eigenvalue weighted by atomic mass is 32.2. The first kappa shape index (κ1) is 19.4. The molecule has 4 rings (SSSR count). The Balaban J connectivity index is 1.38. The van der Waals surface area contributed by atoms with Crippen LogP contribution in [0.1, 0.15) is 12.0 Å². The Morgan fingerprint density at radius 1 is 1.10 bits per heavy atom. The predicted molar refractivity (Wildman–Crippen MR) is 117 cm³/mol. The van der Waals surface area contributed by atoms with Crippen molar-refractivity contribution in [3.8, 4) is 11.3 Å². The van der Waals surface area contributed by atoms with Crippen LogP contribution >= 0.6 is 11.3 Å². The van der Waals surface area contributed by atoms with E-state index in [1.165, 1.54) is 21.7 Å². The second-order valence-corrected chi connectivity index (χ2v) is 9.43. The average molecular weight is 426 g/mol. The van der Waals surface area contributed by atoms with Crippen LogP contribution in [0.5, 0.6) is 0 Å². The Labute approximate surface area is 173 Å². The molecule has 1 aromatic heterocycles. The highest BCUT2D eigenvalue weighted by Gasteiger charge is 2.28. The molecule has 1 amide bonds. The number of nitrogens with one attached hydrogen (secondary N) is 1. The van der Waals surface area contributed by atoms with Gasteiger partial charge in [-0.25, -0.2) is 13.4 Å². The summed E-state index contributed by atoms with van der Waals surface area (Å²) >= 11 is 1.37. The summed E-state index contributed by atoms with van der Waals surface area (Å²) in [7, 11) is -3.19. The van der Waals surface area contributed by atoms with Crippen LogP contribution in [0.2, 0.25) is 0 Å². The summed E-state index contributed by atoms with van der Waals surface area (Å²) in [5.41, 5.74) is 3.28. The Kier molecular flexibility index (Phi) is 5.46. The minimum atomic E-state index is -3.19. The lowest BCUT2D eigenvalue weighted by atomic mass is 10.2. The number of hydrogen-bond donors (Lipinski definition) is 1. The third-order valence-electron chi connectivity index (χ3n) is 4.51. The van der Waals surface area contributed by atoms with E-state index < -0.39 is 10.0 Å². The molecule has 148 valence electrons. The van der Waals surface area contributed by atoms with Gasteiger partial charge in [0.15, 0.2) is 5.13 Å². The van der Waals surface area contributed by atoms with Crippen LogP contribution < -0.4 is 9.62 Å². The van der Waals surface area contributed by atoms with Gasteiger partial charge in [0, 0.05) is 23.6 Å². The van der Waals surface area contributed by atoms with Crippen LogP contribution in [0.4, 0.5) is 10.8 Å². The fraction of sp³-hybridized carbons (Fsp3) is 0.143. The molecule has 0 atom stereocenters. The molecule has 0 radical (unpaired) electrons. The van der Waals surface area contributed by atoms with Crippen molar-refractivity contribution in [1.29, 1.82) is 0 Å². The van der Waals surface area contributed by atoms with Gasteiger partial charge < -0.3 is 0 Å². The van der Waals surface area contributed by atoms with Gasteiger partial charge in [0.25, 0.3) is 0 Å². The Hall–Kier alpha value is -2.97. The van der Waals surface area contributed by atoms with Gasteiger partial charge in [-0.1, -0.05) is 42.5 Å². The van der Waals surface area contributed by atoms with Crippen LogP contribution in [-0.2, 0) is 14.8 Å². The summed E-state index contributed by atoms with van der Waals surface area (Å²) in [5, 5.41) is 5.20. The molecule has 1 fully saturated rings. The van der Waals surface area contributed by atoms with E-state index in [9.17, 15) is 13.2 Å². The topological polar surface area (TPSA) is 79.4 Å². The molecular formula is C21H19N3O3S2. The monoisotopic (exact) mass is 425 g/mol. The molecular weight excluding hydrogens is 406 g/mol. The Bertz CT molecular complexity index is 1140. The fourth-order valence-corrected chi connectivity index (χ4v) is 5.36. The van der Waals surface area contributed by atoms with Crippen molar-refractivity contribution >= 4 is 44.2 Å². The number of carbonyl (C=O) groups is 1. The second-order valence-electron chi connectivity index (χ2n) is 6.56. The number of rotatable bonds is 5. The molecule has 3 aromatic rings. The molecule has 0 saturated carbocycles. The van der Waals surface area contributed by atoms with Crippen LogP contribution in [0.3, 0.4) is 0 Å². The molecule has 1 saturated heterocycles. The summed E-state index contributed by atoms with van der Waals surface area (Å²) in [4.78, 5) is 16.6. The van der Waals surface area contributed by atoms with Crippen molar-refractivity contribution in [3.05, 3.63) is 71.6 Å². The van der Waals surface area contributed by atoms with E-state index >= 15 is 0 Å². The van der Waals surface area contributed by atoms with Gasteiger partial charge in [0.05, 0.1) is 17.1 Å². The minimum Gasteiger partial charge on any atom is -0.298 e. The highest BCUT2D eigenvalue weighted by Crippen LogP contribution is 2.25. The lowest BCUT2D eigenvalue weighted by Gasteiger charge is -2.16. The van der Waals surface area contributed by atoms with Gasteiger partial charge in [-0.05, 0) is 30.2 Å². The zero-order valence-corrected chi connectivity index (χ0v) is 17.1. The van der Waals surface area contributed by atoms with Gasteiger partial charge >= 0.3 is 0 Å². The minimum absolute atomic E-state index is 0.192. The van der Waals surface area contributed by atoms with Gasteiger partial charge in [-0.3, -0.25) is 14.4 Å². The van der Waals surface area contributed by atoms with E-state index in [2.05, 4.69) is 10.3 Å². The number of nitrogens with zero attached hydrogens (tertiary/aromatic N) is 2.